The van der Waals surface area contributed by atoms with Gasteiger partial charge in [0.25, 0.3) is 0 Å². The number of morpholine rings is 1. The molecule has 0 aromatic carbocycles. The molecule has 1 aromatic heterocycles. The van der Waals surface area contributed by atoms with Gasteiger partial charge in [-0.3, -0.25) is 0 Å². The van der Waals surface area contributed by atoms with Crippen LogP contribution in [0.2, 0.25) is 0 Å². The normalized spacial score (nSPS) is 22.9. The minimum Gasteiger partial charge on any atom is -0.377 e. The van der Waals surface area contributed by atoms with Crippen molar-refractivity contribution >= 4 is 11.6 Å². The summed E-state index contributed by atoms with van der Waals surface area (Å²) < 4.78 is 5.61. The highest BCUT2D eigenvalue weighted by Crippen LogP contribution is 2.40. The maximum Gasteiger partial charge on any atom is 0.137 e. The van der Waals surface area contributed by atoms with E-state index in [1.165, 1.54) is 12.8 Å². The minimum absolute atomic E-state index is 0.425. The van der Waals surface area contributed by atoms with E-state index in [4.69, 9.17) is 9.72 Å². The van der Waals surface area contributed by atoms with Crippen LogP contribution in [-0.2, 0) is 4.74 Å². The number of anilines is 2. The van der Waals surface area contributed by atoms with Crippen LogP contribution in [0.4, 0.5) is 11.6 Å². The van der Waals surface area contributed by atoms with Crippen LogP contribution in [0.5, 0.6) is 0 Å². The summed E-state index contributed by atoms with van der Waals surface area (Å²) >= 11 is 0. The summed E-state index contributed by atoms with van der Waals surface area (Å²) in [6.07, 6.45) is 3.54. The Bertz CT molecular complexity index is 487. The van der Waals surface area contributed by atoms with Crippen LogP contribution in [0.25, 0.3) is 0 Å². The van der Waals surface area contributed by atoms with Crippen LogP contribution < -0.4 is 10.2 Å². The molecule has 1 saturated heterocycles. The number of ether oxygens (including phenoxy) is 1. The second-order valence-electron chi connectivity index (χ2n) is 5.73. The predicted molar refractivity (Wildman–Crippen MR) is 80.5 cm³/mol. The van der Waals surface area contributed by atoms with Gasteiger partial charge in [0.05, 0.1) is 19.3 Å². The van der Waals surface area contributed by atoms with Gasteiger partial charge in [0.15, 0.2) is 0 Å². The Labute approximate surface area is 120 Å². The molecule has 0 bridgehead atoms. The van der Waals surface area contributed by atoms with Crippen LogP contribution >= 0.6 is 0 Å². The van der Waals surface area contributed by atoms with E-state index in [1.54, 1.807) is 0 Å². The van der Waals surface area contributed by atoms with Gasteiger partial charge < -0.3 is 15.0 Å². The lowest BCUT2D eigenvalue weighted by molar-refractivity contribution is 0.0925. The van der Waals surface area contributed by atoms with Crippen molar-refractivity contribution in [3.05, 3.63) is 11.4 Å². The highest BCUT2D eigenvalue weighted by Gasteiger charge is 2.31. The fourth-order valence-corrected chi connectivity index (χ4v) is 2.84. The van der Waals surface area contributed by atoms with Gasteiger partial charge in [-0.1, -0.05) is 6.92 Å². The summed E-state index contributed by atoms with van der Waals surface area (Å²) in [6.45, 7) is 6.83. The zero-order valence-corrected chi connectivity index (χ0v) is 12.6. The van der Waals surface area contributed by atoms with Crippen molar-refractivity contribution < 1.29 is 4.74 Å². The maximum atomic E-state index is 5.61. The molecule has 5 nitrogen and oxygen atoms in total. The zero-order valence-electron chi connectivity index (χ0n) is 12.6. The number of nitrogens with zero attached hydrogens (tertiary/aromatic N) is 3. The van der Waals surface area contributed by atoms with Crippen LogP contribution in [0.1, 0.15) is 43.5 Å². The Morgan fingerprint density at radius 3 is 2.80 bits per heavy atom. The molecule has 1 aromatic rings. The van der Waals surface area contributed by atoms with Gasteiger partial charge in [-0.15, -0.1) is 0 Å². The fraction of sp³-hybridized carbons (Fsp3) is 0.733. The zero-order chi connectivity index (χ0) is 14.1. The maximum absolute atomic E-state index is 5.61. The highest BCUT2D eigenvalue weighted by molar-refractivity contribution is 5.59. The molecule has 2 aliphatic rings. The summed E-state index contributed by atoms with van der Waals surface area (Å²) in [7, 11) is 1.94. The van der Waals surface area contributed by atoms with Crippen molar-refractivity contribution in [2.24, 2.45) is 0 Å². The molecule has 1 aliphatic carbocycles. The second kappa shape index (κ2) is 5.56. The van der Waals surface area contributed by atoms with E-state index in [9.17, 15) is 0 Å². The molecule has 110 valence electrons. The van der Waals surface area contributed by atoms with E-state index in [0.717, 1.165) is 49.2 Å². The molecule has 0 radical (unpaired) electrons. The monoisotopic (exact) mass is 276 g/mol. The highest BCUT2D eigenvalue weighted by atomic mass is 16.5. The third-order valence-electron chi connectivity index (χ3n) is 4.29. The Hall–Kier alpha value is -1.36. The van der Waals surface area contributed by atoms with Gasteiger partial charge in [-0.2, -0.15) is 0 Å². The molecule has 0 amide bonds. The van der Waals surface area contributed by atoms with Crippen LogP contribution in [-0.4, -0.2) is 42.8 Å². The van der Waals surface area contributed by atoms with Crippen molar-refractivity contribution in [1.29, 1.82) is 0 Å². The van der Waals surface area contributed by atoms with Gasteiger partial charge in [0.1, 0.15) is 17.5 Å². The molecule has 1 unspecified atom stereocenters. The quantitative estimate of drug-likeness (QED) is 0.914. The molecule has 1 aliphatic heterocycles. The fourth-order valence-electron chi connectivity index (χ4n) is 2.84. The Morgan fingerprint density at radius 1 is 1.35 bits per heavy atom. The molecular formula is C15H24N4O. The summed E-state index contributed by atoms with van der Waals surface area (Å²) in [5.74, 6) is 3.65. The summed E-state index contributed by atoms with van der Waals surface area (Å²) in [6, 6.07) is 0.425. The SMILES string of the molecule is CCC1COCCN1c1nc(C2CC2)nc(NC)c1C. The first-order valence-electron chi connectivity index (χ1n) is 7.65. The van der Waals surface area contributed by atoms with E-state index >= 15 is 0 Å². The van der Waals surface area contributed by atoms with Crippen molar-refractivity contribution in [2.75, 3.05) is 37.0 Å². The third-order valence-corrected chi connectivity index (χ3v) is 4.29. The second-order valence-corrected chi connectivity index (χ2v) is 5.73. The summed E-state index contributed by atoms with van der Waals surface area (Å²) in [5.41, 5.74) is 1.15. The van der Waals surface area contributed by atoms with Crippen molar-refractivity contribution in [3.8, 4) is 0 Å². The van der Waals surface area contributed by atoms with Gasteiger partial charge >= 0.3 is 0 Å². The van der Waals surface area contributed by atoms with E-state index in [2.05, 4.69) is 29.0 Å². The Kier molecular flexibility index (Phi) is 3.78. The smallest absolute Gasteiger partial charge is 0.137 e. The number of rotatable bonds is 4. The molecular weight excluding hydrogens is 252 g/mol. The van der Waals surface area contributed by atoms with Gasteiger partial charge in [-0.25, -0.2) is 9.97 Å². The van der Waals surface area contributed by atoms with E-state index < -0.39 is 0 Å². The standard InChI is InChI=1S/C15H24N4O/c1-4-12-9-20-8-7-19(12)15-10(2)13(16-3)17-14(18-15)11-5-6-11/h11-12H,4-9H2,1-3H3,(H,16,17,18). The topological polar surface area (TPSA) is 50.3 Å². The van der Waals surface area contributed by atoms with Crippen molar-refractivity contribution in [2.45, 2.75) is 45.1 Å². The molecule has 20 heavy (non-hydrogen) atoms. The van der Waals surface area contributed by atoms with Gasteiger partial charge in [0, 0.05) is 25.1 Å². The lowest BCUT2D eigenvalue weighted by Gasteiger charge is -2.37. The molecule has 1 saturated carbocycles. The molecule has 0 spiro atoms. The first kappa shape index (κ1) is 13.6. The molecule has 2 fully saturated rings. The molecule has 5 heteroatoms. The van der Waals surface area contributed by atoms with Crippen LogP contribution in [0.3, 0.4) is 0 Å². The Morgan fingerprint density at radius 2 is 2.15 bits per heavy atom. The van der Waals surface area contributed by atoms with Crippen LogP contribution in [0.15, 0.2) is 0 Å². The lowest BCUT2D eigenvalue weighted by atomic mass is 10.1. The molecule has 1 N–H and O–H groups in total. The lowest BCUT2D eigenvalue weighted by Crippen LogP contribution is -2.46. The first-order valence-corrected chi connectivity index (χ1v) is 7.65. The van der Waals surface area contributed by atoms with E-state index in [1.807, 2.05) is 7.05 Å². The van der Waals surface area contributed by atoms with E-state index in [0.29, 0.717) is 12.0 Å². The first-order chi connectivity index (χ1) is 9.74. The molecule has 3 rings (SSSR count). The number of hydrogen-bond acceptors (Lipinski definition) is 5. The molecule has 1 atom stereocenters. The van der Waals surface area contributed by atoms with Gasteiger partial charge in [-0.05, 0) is 26.2 Å². The minimum atomic E-state index is 0.425. The molecule has 2 heterocycles. The number of hydrogen-bond donors (Lipinski definition) is 1. The van der Waals surface area contributed by atoms with Crippen LogP contribution in [0, 0.1) is 6.92 Å². The Balaban J connectivity index is 1.99. The number of aromatic nitrogens is 2. The summed E-state index contributed by atoms with van der Waals surface area (Å²) in [5, 5.41) is 3.22. The van der Waals surface area contributed by atoms with Gasteiger partial charge in [0.2, 0.25) is 0 Å². The van der Waals surface area contributed by atoms with Crippen molar-refractivity contribution in [3.63, 3.8) is 0 Å². The van der Waals surface area contributed by atoms with E-state index in [-0.39, 0.29) is 0 Å². The summed E-state index contributed by atoms with van der Waals surface area (Å²) in [4.78, 5) is 12.0. The number of nitrogens with one attached hydrogen (secondary N) is 1. The van der Waals surface area contributed by atoms with Crippen molar-refractivity contribution in [1.82, 2.24) is 9.97 Å². The average molecular weight is 276 g/mol. The average Bonchev–Trinajstić information content (AvgIpc) is 3.32. The predicted octanol–water partition coefficient (Wildman–Crippen LogP) is 2.32. The third kappa shape index (κ3) is 2.46. The largest absolute Gasteiger partial charge is 0.377 e.